The predicted octanol–water partition coefficient (Wildman–Crippen LogP) is 2.14. The van der Waals surface area contributed by atoms with E-state index in [1.807, 2.05) is 37.3 Å². The van der Waals surface area contributed by atoms with E-state index < -0.39 is 0 Å². The molecule has 0 unspecified atom stereocenters. The van der Waals surface area contributed by atoms with Crippen LogP contribution in [0.25, 0.3) is 0 Å². The number of para-hydroxylation sites is 2. The third-order valence-electron chi connectivity index (χ3n) is 4.20. The van der Waals surface area contributed by atoms with Gasteiger partial charge in [-0.15, -0.1) is 0 Å². The lowest BCUT2D eigenvalue weighted by molar-refractivity contribution is -0.119. The van der Waals surface area contributed by atoms with E-state index in [9.17, 15) is 9.59 Å². The largest absolute Gasteiger partial charge is 0.492 e. The molecule has 1 fully saturated rings. The molecule has 1 aliphatic heterocycles. The first-order valence-corrected chi connectivity index (χ1v) is 8.64. The van der Waals surface area contributed by atoms with E-state index in [1.165, 1.54) is 0 Å². The molecule has 0 radical (unpaired) electrons. The van der Waals surface area contributed by atoms with Gasteiger partial charge in [-0.25, -0.2) is 4.98 Å². The van der Waals surface area contributed by atoms with Gasteiger partial charge < -0.3 is 19.9 Å². The highest BCUT2D eigenvalue weighted by Crippen LogP contribution is 2.27. The van der Waals surface area contributed by atoms with E-state index in [1.54, 1.807) is 22.1 Å². The number of aromatic nitrogens is 1. The molecule has 1 N–H and O–H groups in total. The zero-order valence-electron chi connectivity index (χ0n) is 14.7. The van der Waals surface area contributed by atoms with Crippen molar-refractivity contribution in [1.29, 1.82) is 0 Å². The Morgan fingerprint density at radius 3 is 2.62 bits per heavy atom. The van der Waals surface area contributed by atoms with E-state index in [4.69, 9.17) is 4.74 Å². The third-order valence-corrected chi connectivity index (χ3v) is 4.20. The number of nitrogens with zero attached hydrogens (tertiary/aromatic N) is 3. The summed E-state index contributed by atoms with van der Waals surface area (Å²) in [6, 6.07) is 11.2. The maximum atomic E-state index is 12.5. The van der Waals surface area contributed by atoms with Crippen molar-refractivity contribution in [2.75, 3.05) is 38.1 Å². The van der Waals surface area contributed by atoms with E-state index in [0.717, 1.165) is 23.5 Å². The van der Waals surface area contributed by atoms with Crippen molar-refractivity contribution in [2.45, 2.75) is 6.92 Å². The molecule has 2 amide bonds. The maximum absolute atomic E-state index is 12.5. The molecule has 7 nitrogen and oxygen atoms in total. The Bertz CT molecular complexity index is 756. The molecule has 136 valence electrons. The molecule has 1 aromatic heterocycles. The number of carbonyl (C=O) groups excluding carboxylic acids is 2. The van der Waals surface area contributed by atoms with Crippen LogP contribution in [0.3, 0.4) is 0 Å². The van der Waals surface area contributed by atoms with Crippen LogP contribution in [0.15, 0.2) is 42.6 Å². The van der Waals surface area contributed by atoms with Gasteiger partial charge in [-0.1, -0.05) is 12.1 Å². The van der Waals surface area contributed by atoms with Crippen LogP contribution in [0, 0.1) is 0 Å². The fraction of sp³-hybridized carbons (Fsp3) is 0.316. The fourth-order valence-electron chi connectivity index (χ4n) is 2.79. The summed E-state index contributed by atoms with van der Waals surface area (Å²) in [5.41, 5.74) is 2.02. The summed E-state index contributed by atoms with van der Waals surface area (Å²) in [7, 11) is 0. The first kappa shape index (κ1) is 17.7. The summed E-state index contributed by atoms with van der Waals surface area (Å²) in [5.74, 6) is 0.653. The minimum atomic E-state index is -0.114. The average molecular weight is 354 g/mol. The molecule has 0 aliphatic carbocycles. The minimum absolute atomic E-state index is 0.114. The Balaban J connectivity index is 1.65. The second-order valence-corrected chi connectivity index (χ2v) is 5.92. The second-order valence-electron chi connectivity index (χ2n) is 5.92. The normalized spacial score (nSPS) is 14.0. The first-order chi connectivity index (χ1) is 12.7. The predicted molar refractivity (Wildman–Crippen MR) is 98.7 cm³/mol. The number of benzene rings is 1. The third kappa shape index (κ3) is 4.11. The van der Waals surface area contributed by atoms with Crippen molar-refractivity contribution in [3.8, 4) is 5.75 Å². The minimum Gasteiger partial charge on any atom is -0.492 e. The molecule has 0 spiro atoms. The van der Waals surface area contributed by atoms with Gasteiger partial charge in [-0.3, -0.25) is 9.59 Å². The Morgan fingerprint density at radius 1 is 1.19 bits per heavy atom. The monoisotopic (exact) mass is 354 g/mol. The molecule has 0 bridgehead atoms. The Labute approximate surface area is 152 Å². The highest BCUT2D eigenvalue weighted by molar-refractivity contribution is 5.92. The molecular weight excluding hydrogens is 332 g/mol. The lowest BCUT2D eigenvalue weighted by Gasteiger charge is -2.32. The van der Waals surface area contributed by atoms with Gasteiger partial charge in [-0.05, 0) is 31.2 Å². The summed E-state index contributed by atoms with van der Waals surface area (Å²) in [6.07, 6.45) is 2.46. The standard InChI is InChI=1S/C19H22N4O3/c1-2-26-18-6-4-3-5-16(18)21-15-7-8-17(20-13-15)19(25)23-11-9-22(14-24)10-12-23/h3-8,13-14,21H,2,9-12H2,1H3. The van der Waals surface area contributed by atoms with E-state index >= 15 is 0 Å². The van der Waals surface area contributed by atoms with Crippen LogP contribution < -0.4 is 10.1 Å². The number of amides is 2. The Hall–Kier alpha value is -3.09. The summed E-state index contributed by atoms with van der Waals surface area (Å²) in [4.78, 5) is 30.9. The van der Waals surface area contributed by atoms with Gasteiger partial charge in [0.05, 0.1) is 24.2 Å². The van der Waals surface area contributed by atoms with E-state index in [-0.39, 0.29) is 5.91 Å². The summed E-state index contributed by atoms with van der Waals surface area (Å²) < 4.78 is 5.60. The Kier molecular flexibility index (Phi) is 5.68. The highest BCUT2D eigenvalue weighted by atomic mass is 16.5. The number of pyridine rings is 1. The van der Waals surface area contributed by atoms with Crippen molar-refractivity contribution >= 4 is 23.7 Å². The molecule has 7 heteroatoms. The SMILES string of the molecule is CCOc1ccccc1Nc1ccc(C(=O)N2CCN(C=O)CC2)nc1. The number of carbonyl (C=O) groups is 2. The van der Waals surface area contributed by atoms with E-state index in [2.05, 4.69) is 10.3 Å². The molecule has 3 rings (SSSR count). The topological polar surface area (TPSA) is 74.8 Å². The smallest absolute Gasteiger partial charge is 0.272 e. The zero-order chi connectivity index (χ0) is 18.4. The number of hydrogen-bond acceptors (Lipinski definition) is 5. The van der Waals surface area contributed by atoms with Gasteiger partial charge in [0.2, 0.25) is 6.41 Å². The average Bonchev–Trinajstić information content (AvgIpc) is 2.70. The molecular formula is C19H22N4O3. The van der Waals surface area contributed by atoms with Crippen LogP contribution in [0.5, 0.6) is 5.75 Å². The van der Waals surface area contributed by atoms with Crippen molar-refractivity contribution in [3.05, 3.63) is 48.3 Å². The molecule has 0 atom stereocenters. The summed E-state index contributed by atoms with van der Waals surface area (Å²) in [5, 5.41) is 3.26. The molecule has 2 aromatic rings. The van der Waals surface area contributed by atoms with Gasteiger partial charge >= 0.3 is 0 Å². The van der Waals surface area contributed by atoms with Crippen LogP contribution in [-0.2, 0) is 4.79 Å². The van der Waals surface area contributed by atoms with Crippen molar-refractivity contribution < 1.29 is 14.3 Å². The van der Waals surface area contributed by atoms with Gasteiger partial charge in [0.25, 0.3) is 5.91 Å². The van der Waals surface area contributed by atoms with Gasteiger partial charge in [0.15, 0.2) is 0 Å². The van der Waals surface area contributed by atoms with Crippen LogP contribution in [0.1, 0.15) is 17.4 Å². The number of piperazine rings is 1. The lowest BCUT2D eigenvalue weighted by atomic mass is 10.2. The molecule has 0 saturated carbocycles. The second kappa shape index (κ2) is 8.33. The molecule has 2 heterocycles. The zero-order valence-corrected chi connectivity index (χ0v) is 14.7. The van der Waals surface area contributed by atoms with Gasteiger partial charge in [-0.2, -0.15) is 0 Å². The summed E-state index contributed by atoms with van der Waals surface area (Å²) >= 11 is 0. The number of hydrogen-bond donors (Lipinski definition) is 1. The lowest BCUT2D eigenvalue weighted by Crippen LogP contribution is -2.48. The maximum Gasteiger partial charge on any atom is 0.272 e. The van der Waals surface area contributed by atoms with Gasteiger partial charge in [0.1, 0.15) is 11.4 Å². The van der Waals surface area contributed by atoms with Crippen molar-refractivity contribution in [3.63, 3.8) is 0 Å². The molecule has 1 aromatic carbocycles. The number of nitrogens with one attached hydrogen (secondary N) is 1. The highest BCUT2D eigenvalue weighted by Gasteiger charge is 2.22. The van der Waals surface area contributed by atoms with E-state index in [0.29, 0.717) is 38.5 Å². The van der Waals surface area contributed by atoms with Crippen LogP contribution in [0.2, 0.25) is 0 Å². The summed E-state index contributed by atoms with van der Waals surface area (Å²) in [6.45, 7) is 4.70. The van der Waals surface area contributed by atoms with Crippen LogP contribution >= 0.6 is 0 Å². The quantitative estimate of drug-likeness (QED) is 0.805. The van der Waals surface area contributed by atoms with Crippen molar-refractivity contribution in [1.82, 2.24) is 14.8 Å². The molecule has 1 aliphatic rings. The number of ether oxygens (including phenoxy) is 1. The van der Waals surface area contributed by atoms with Crippen LogP contribution in [0.4, 0.5) is 11.4 Å². The fourth-order valence-corrected chi connectivity index (χ4v) is 2.79. The van der Waals surface area contributed by atoms with Crippen molar-refractivity contribution in [2.24, 2.45) is 0 Å². The molecule has 1 saturated heterocycles. The number of rotatable bonds is 6. The van der Waals surface area contributed by atoms with Crippen LogP contribution in [-0.4, -0.2) is 59.9 Å². The first-order valence-electron chi connectivity index (χ1n) is 8.64. The number of anilines is 2. The van der Waals surface area contributed by atoms with Gasteiger partial charge in [0, 0.05) is 26.2 Å². The molecule has 26 heavy (non-hydrogen) atoms. The Morgan fingerprint density at radius 2 is 1.96 bits per heavy atom.